The summed E-state index contributed by atoms with van der Waals surface area (Å²) in [6.45, 7) is 4.10. The maximum Gasteiger partial charge on any atom is 0.306 e. The van der Waals surface area contributed by atoms with Crippen LogP contribution in [0.3, 0.4) is 0 Å². The molecular formula is C62H112O5. The zero-order valence-electron chi connectivity index (χ0n) is 44.7. The van der Waals surface area contributed by atoms with Gasteiger partial charge in [-0.05, 0) is 77.0 Å². The van der Waals surface area contributed by atoms with E-state index >= 15 is 0 Å². The summed E-state index contributed by atoms with van der Waals surface area (Å²) < 4.78 is 10.7. The molecule has 1 unspecified atom stereocenters. The molecule has 0 fully saturated rings. The molecule has 1 N–H and O–H groups in total. The molecule has 1 atom stereocenters. The maximum absolute atomic E-state index is 12.3. The monoisotopic (exact) mass is 937 g/mol. The number of aliphatic hydroxyl groups is 1. The Morgan fingerprint density at radius 2 is 0.612 bits per heavy atom. The minimum atomic E-state index is -0.777. The van der Waals surface area contributed by atoms with Crippen LogP contribution in [0.5, 0.6) is 0 Å². The molecule has 5 heteroatoms. The molecule has 390 valence electrons. The number of esters is 2. The average Bonchev–Trinajstić information content (AvgIpc) is 3.33. The Morgan fingerprint density at radius 3 is 0.940 bits per heavy atom. The molecule has 0 bridgehead atoms. The Hall–Kier alpha value is -2.40. The molecule has 5 nitrogen and oxygen atoms in total. The molecule has 0 aromatic heterocycles. The molecule has 67 heavy (non-hydrogen) atoms. The van der Waals surface area contributed by atoms with E-state index in [1.54, 1.807) is 0 Å². The van der Waals surface area contributed by atoms with Gasteiger partial charge in [-0.1, -0.05) is 274 Å². The maximum atomic E-state index is 12.3. The standard InChI is InChI=1S/C62H112O5/c1-3-5-7-9-11-13-15-17-19-20-21-22-23-24-25-26-27-28-29-30-31-32-33-34-35-36-37-38-39-40-41-42-43-45-47-49-51-53-55-57-62(65)67-60(58-63)59-66-61(64)56-54-52-50-48-46-44-18-16-14-12-10-8-6-4-2/h10,12,15-18,20-21,23-24,60,63H,3-9,11,13-14,19,22,25-59H2,1-2H3/b12-10-,17-15-,18-16-,21-20-,24-23-. The van der Waals surface area contributed by atoms with Crippen LogP contribution in [-0.2, 0) is 19.1 Å². The van der Waals surface area contributed by atoms with Gasteiger partial charge in [0.1, 0.15) is 6.61 Å². The Morgan fingerprint density at radius 1 is 0.343 bits per heavy atom. The first-order valence-corrected chi connectivity index (χ1v) is 29.3. The molecule has 0 amide bonds. The third-order valence-corrected chi connectivity index (χ3v) is 13.0. The second kappa shape index (κ2) is 57.9. The van der Waals surface area contributed by atoms with Crippen LogP contribution in [-0.4, -0.2) is 36.4 Å². The van der Waals surface area contributed by atoms with Crippen LogP contribution < -0.4 is 0 Å². The van der Waals surface area contributed by atoms with Crippen LogP contribution in [0, 0.1) is 0 Å². The summed E-state index contributed by atoms with van der Waals surface area (Å²) in [5.74, 6) is -0.597. The lowest BCUT2D eigenvalue weighted by molar-refractivity contribution is -0.161. The fraction of sp³-hybridized carbons (Fsp3) is 0.806. The number of allylic oxidation sites excluding steroid dienone is 10. The Balaban J connectivity index is 3.39. The lowest BCUT2D eigenvalue weighted by Gasteiger charge is -2.15. The topological polar surface area (TPSA) is 72.8 Å². The van der Waals surface area contributed by atoms with Crippen LogP contribution >= 0.6 is 0 Å². The van der Waals surface area contributed by atoms with E-state index in [2.05, 4.69) is 74.6 Å². The van der Waals surface area contributed by atoms with Gasteiger partial charge in [0.15, 0.2) is 6.10 Å². The molecule has 0 aliphatic rings. The third-order valence-electron chi connectivity index (χ3n) is 13.0. The number of ether oxygens (including phenoxy) is 2. The fourth-order valence-corrected chi connectivity index (χ4v) is 8.58. The normalized spacial score (nSPS) is 12.6. The van der Waals surface area contributed by atoms with Gasteiger partial charge in [0.25, 0.3) is 0 Å². The lowest BCUT2D eigenvalue weighted by atomic mass is 10.0. The van der Waals surface area contributed by atoms with Gasteiger partial charge in [0.2, 0.25) is 0 Å². The molecule has 0 saturated carbocycles. The number of unbranched alkanes of at least 4 members (excludes halogenated alkanes) is 36. The summed E-state index contributed by atoms with van der Waals surface area (Å²) in [6, 6.07) is 0. The second-order valence-electron chi connectivity index (χ2n) is 19.7. The van der Waals surface area contributed by atoms with Gasteiger partial charge in [0, 0.05) is 12.8 Å². The van der Waals surface area contributed by atoms with Crippen molar-refractivity contribution in [3.63, 3.8) is 0 Å². The highest BCUT2D eigenvalue weighted by Gasteiger charge is 2.16. The van der Waals surface area contributed by atoms with Crippen LogP contribution in [0.1, 0.15) is 303 Å². The predicted molar refractivity (Wildman–Crippen MR) is 293 cm³/mol. The number of aliphatic hydroxyl groups excluding tert-OH is 1. The highest BCUT2D eigenvalue weighted by Crippen LogP contribution is 2.17. The minimum Gasteiger partial charge on any atom is -0.462 e. The van der Waals surface area contributed by atoms with Gasteiger partial charge in [-0.25, -0.2) is 0 Å². The first kappa shape index (κ1) is 64.6. The summed E-state index contributed by atoms with van der Waals surface area (Å²) in [7, 11) is 0. The second-order valence-corrected chi connectivity index (χ2v) is 19.7. The van der Waals surface area contributed by atoms with Gasteiger partial charge in [-0.15, -0.1) is 0 Å². The van der Waals surface area contributed by atoms with E-state index in [-0.39, 0.29) is 25.2 Å². The zero-order valence-corrected chi connectivity index (χ0v) is 44.7. The number of rotatable bonds is 54. The van der Waals surface area contributed by atoms with E-state index in [1.807, 2.05) is 0 Å². The quantitative estimate of drug-likeness (QED) is 0.0374. The van der Waals surface area contributed by atoms with Crippen LogP contribution in [0.4, 0.5) is 0 Å². The van der Waals surface area contributed by atoms with Crippen LogP contribution in [0.25, 0.3) is 0 Å². The molecule has 0 aliphatic carbocycles. The smallest absolute Gasteiger partial charge is 0.306 e. The molecule has 0 heterocycles. The van der Waals surface area contributed by atoms with Gasteiger partial charge in [-0.2, -0.15) is 0 Å². The third kappa shape index (κ3) is 56.1. The summed E-state index contributed by atoms with van der Waals surface area (Å²) in [5, 5.41) is 9.62. The van der Waals surface area contributed by atoms with E-state index in [0.717, 1.165) is 64.2 Å². The van der Waals surface area contributed by atoms with Crippen molar-refractivity contribution in [1.29, 1.82) is 0 Å². The summed E-state index contributed by atoms with van der Waals surface area (Å²) in [6.07, 6.45) is 77.9. The van der Waals surface area contributed by atoms with Crippen molar-refractivity contribution in [3.8, 4) is 0 Å². The largest absolute Gasteiger partial charge is 0.462 e. The molecule has 0 rings (SSSR count). The van der Waals surface area contributed by atoms with Crippen molar-refractivity contribution >= 4 is 11.9 Å². The Kier molecular flexibility index (Phi) is 55.8. The molecule has 0 aliphatic heterocycles. The SMILES string of the molecule is CCCC/C=C\C/C=C\CCCCCCCC(=O)OCC(CO)OC(=O)CCCCCCCCCCCCCCCCCCCCCCCCCC/C=C\C/C=C\C/C=C\CCCCCCC. The number of carbonyl (C=O) groups excluding carboxylic acids is 2. The molecular weight excluding hydrogens is 825 g/mol. The van der Waals surface area contributed by atoms with E-state index in [1.165, 1.54) is 212 Å². The first-order chi connectivity index (χ1) is 33.1. The zero-order chi connectivity index (χ0) is 48.5. The van der Waals surface area contributed by atoms with Gasteiger partial charge < -0.3 is 14.6 Å². The van der Waals surface area contributed by atoms with E-state index in [9.17, 15) is 14.7 Å². The molecule has 0 aromatic rings. The average molecular weight is 938 g/mol. The number of hydrogen-bond acceptors (Lipinski definition) is 5. The van der Waals surface area contributed by atoms with Crippen molar-refractivity contribution in [2.24, 2.45) is 0 Å². The Labute approximate surface area is 417 Å². The summed E-state index contributed by atoms with van der Waals surface area (Å²) in [5.41, 5.74) is 0. The van der Waals surface area contributed by atoms with Crippen LogP contribution in [0.2, 0.25) is 0 Å². The van der Waals surface area contributed by atoms with E-state index in [0.29, 0.717) is 12.8 Å². The Bertz CT molecular complexity index is 1150. The first-order valence-electron chi connectivity index (χ1n) is 29.3. The number of carbonyl (C=O) groups is 2. The lowest BCUT2D eigenvalue weighted by Crippen LogP contribution is -2.28. The van der Waals surface area contributed by atoms with Gasteiger partial charge in [0.05, 0.1) is 6.61 Å². The molecule has 0 radical (unpaired) electrons. The predicted octanol–water partition coefficient (Wildman–Crippen LogP) is 19.8. The highest BCUT2D eigenvalue weighted by molar-refractivity contribution is 5.70. The van der Waals surface area contributed by atoms with Crippen molar-refractivity contribution in [3.05, 3.63) is 60.8 Å². The summed E-state index contributed by atoms with van der Waals surface area (Å²) >= 11 is 0. The van der Waals surface area contributed by atoms with E-state index < -0.39 is 6.10 Å². The fourth-order valence-electron chi connectivity index (χ4n) is 8.58. The van der Waals surface area contributed by atoms with Crippen molar-refractivity contribution in [2.45, 2.75) is 309 Å². The van der Waals surface area contributed by atoms with Gasteiger partial charge >= 0.3 is 11.9 Å². The van der Waals surface area contributed by atoms with Gasteiger partial charge in [-0.3, -0.25) is 9.59 Å². The van der Waals surface area contributed by atoms with E-state index in [4.69, 9.17) is 9.47 Å². The molecule has 0 aromatic carbocycles. The van der Waals surface area contributed by atoms with Crippen molar-refractivity contribution < 1.29 is 24.2 Å². The highest BCUT2D eigenvalue weighted by atomic mass is 16.6. The number of hydrogen-bond donors (Lipinski definition) is 1. The van der Waals surface area contributed by atoms with Crippen molar-refractivity contribution in [1.82, 2.24) is 0 Å². The summed E-state index contributed by atoms with van der Waals surface area (Å²) in [4.78, 5) is 24.4. The molecule has 0 spiro atoms. The van der Waals surface area contributed by atoms with Crippen molar-refractivity contribution in [2.75, 3.05) is 13.2 Å². The minimum absolute atomic E-state index is 0.0711. The van der Waals surface area contributed by atoms with Crippen LogP contribution in [0.15, 0.2) is 60.8 Å². The molecule has 0 saturated heterocycles.